The van der Waals surface area contributed by atoms with Crippen molar-refractivity contribution in [2.75, 3.05) is 10.6 Å². The Bertz CT molecular complexity index is 1140. The van der Waals surface area contributed by atoms with Crippen LogP contribution in [0.2, 0.25) is 0 Å². The minimum absolute atomic E-state index is 0.0841. The van der Waals surface area contributed by atoms with Gasteiger partial charge in [-0.15, -0.1) is 11.8 Å². The molecule has 0 radical (unpaired) electrons. The lowest BCUT2D eigenvalue weighted by molar-refractivity contribution is -0.115. The predicted octanol–water partition coefficient (Wildman–Crippen LogP) is 5.64. The van der Waals surface area contributed by atoms with E-state index < -0.39 is 11.7 Å². The van der Waals surface area contributed by atoms with Crippen molar-refractivity contribution in [1.29, 1.82) is 0 Å². The Kier molecular flexibility index (Phi) is 7.98. The second-order valence-corrected chi connectivity index (χ2v) is 11.8. The zero-order valence-electron chi connectivity index (χ0n) is 20.1. The van der Waals surface area contributed by atoms with Gasteiger partial charge in [-0.25, -0.2) is 19.7 Å². The molecule has 11 heteroatoms. The van der Waals surface area contributed by atoms with Crippen LogP contribution in [0.15, 0.2) is 39.3 Å². The molecule has 2 amide bonds. The number of thiazole rings is 1. The summed E-state index contributed by atoms with van der Waals surface area (Å²) in [5, 5.41) is 5.89. The number of rotatable bonds is 7. The molecule has 34 heavy (non-hydrogen) atoms. The summed E-state index contributed by atoms with van der Waals surface area (Å²) in [4.78, 5) is 37.1. The zero-order chi connectivity index (χ0) is 24.9. The van der Waals surface area contributed by atoms with Crippen LogP contribution in [0, 0.1) is 0 Å². The molecule has 0 aliphatic heterocycles. The largest absolute Gasteiger partial charge is 0.444 e. The molecule has 0 aliphatic carbocycles. The van der Waals surface area contributed by atoms with Crippen LogP contribution in [-0.2, 0) is 27.1 Å². The molecule has 0 bridgehead atoms. The fourth-order valence-corrected chi connectivity index (χ4v) is 4.39. The summed E-state index contributed by atoms with van der Waals surface area (Å²) in [5.74, 6) is 2.18. The molecule has 2 N–H and O–H groups in total. The van der Waals surface area contributed by atoms with Gasteiger partial charge in [0, 0.05) is 11.6 Å². The van der Waals surface area contributed by atoms with Gasteiger partial charge < -0.3 is 14.5 Å². The SMILES string of the molecule is CC(C)(C)OC(=O)Nc1cc(CC(=O)Nc2ncc(SCc3ncc(C(C)(C)C)o3)s2)ccn1. The molecule has 0 aromatic carbocycles. The smallest absolute Gasteiger partial charge is 0.413 e. The second kappa shape index (κ2) is 10.6. The standard InChI is InChI=1S/C23H29N5O4S2/c1-22(2,3)15-11-25-18(31-15)13-33-19-12-26-20(34-19)28-17(29)10-14-7-8-24-16(9-14)27-21(30)32-23(4,5)6/h7-9,11-12H,10,13H2,1-6H3,(H,24,27,30)(H,26,28,29). The fourth-order valence-electron chi connectivity index (χ4n) is 2.65. The van der Waals surface area contributed by atoms with Crippen molar-refractivity contribution < 1.29 is 18.7 Å². The topological polar surface area (TPSA) is 119 Å². The van der Waals surface area contributed by atoms with E-state index in [2.05, 4.69) is 46.4 Å². The van der Waals surface area contributed by atoms with Crippen molar-refractivity contribution in [3.8, 4) is 0 Å². The van der Waals surface area contributed by atoms with Gasteiger partial charge in [0.1, 0.15) is 17.2 Å². The van der Waals surface area contributed by atoms with E-state index in [-0.39, 0.29) is 17.7 Å². The Morgan fingerprint density at radius 1 is 1.09 bits per heavy atom. The Balaban J connectivity index is 1.50. The van der Waals surface area contributed by atoms with Crippen LogP contribution in [0.3, 0.4) is 0 Å². The number of oxazole rings is 1. The lowest BCUT2D eigenvalue weighted by atomic mass is 9.94. The Morgan fingerprint density at radius 3 is 2.53 bits per heavy atom. The van der Waals surface area contributed by atoms with E-state index in [1.165, 1.54) is 17.5 Å². The summed E-state index contributed by atoms with van der Waals surface area (Å²) in [6.07, 6.45) is 4.52. The Labute approximate surface area is 207 Å². The molecular weight excluding hydrogens is 474 g/mol. The third-order valence-corrected chi connectivity index (χ3v) is 6.27. The lowest BCUT2D eigenvalue weighted by Crippen LogP contribution is -2.27. The highest BCUT2D eigenvalue weighted by Crippen LogP contribution is 2.31. The summed E-state index contributed by atoms with van der Waals surface area (Å²) < 4.78 is 12.0. The number of hydrogen-bond donors (Lipinski definition) is 2. The average Bonchev–Trinajstić information content (AvgIpc) is 3.34. The van der Waals surface area contributed by atoms with Gasteiger partial charge in [0.2, 0.25) is 11.8 Å². The number of nitrogens with one attached hydrogen (secondary N) is 2. The first-order chi connectivity index (χ1) is 15.9. The number of pyridine rings is 1. The molecule has 3 heterocycles. The number of aromatic nitrogens is 3. The van der Waals surface area contributed by atoms with E-state index in [4.69, 9.17) is 9.15 Å². The number of hydrogen-bond acceptors (Lipinski definition) is 9. The number of nitrogens with zero attached hydrogens (tertiary/aromatic N) is 3. The highest BCUT2D eigenvalue weighted by molar-refractivity contribution is 8.00. The maximum Gasteiger partial charge on any atom is 0.413 e. The van der Waals surface area contributed by atoms with Gasteiger partial charge in [-0.1, -0.05) is 32.1 Å². The zero-order valence-corrected chi connectivity index (χ0v) is 21.7. The van der Waals surface area contributed by atoms with Crippen LogP contribution in [-0.4, -0.2) is 32.6 Å². The number of amides is 2. The van der Waals surface area contributed by atoms with Crippen LogP contribution in [0.5, 0.6) is 0 Å². The Hall–Kier alpha value is -2.92. The quantitative estimate of drug-likeness (QED) is 0.397. The Morgan fingerprint density at radius 2 is 1.85 bits per heavy atom. The summed E-state index contributed by atoms with van der Waals surface area (Å²) in [5.41, 5.74) is -0.00145. The van der Waals surface area contributed by atoms with Crippen molar-refractivity contribution in [2.24, 2.45) is 0 Å². The summed E-state index contributed by atoms with van der Waals surface area (Å²) in [6.45, 7) is 11.6. The molecule has 0 saturated carbocycles. The van der Waals surface area contributed by atoms with Crippen molar-refractivity contribution >= 4 is 46.0 Å². The van der Waals surface area contributed by atoms with E-state index in [1.807, 2.05) is 0 Å². The molecule has 182 valence electrons. The number of carbonyl (C=O) groups excluding carboxylic acids is 2. The molecule has 0 spiro atoms. The third kappa shape index (κ3) is 8.14. The van der Waals surface area contributed by atoms with E-state index in [0.29, 0.717) is 28.2 Å². The van der Waals surface area contributed by atoms with Gasteiger partial charge in [-0.2, -0.15) is 0 Å². The highest BCUT2D eigenvalue weighted by atomic mass is 32.2. The molecule has 0 fully saturated rings. The van der Waals surface area contributed by atoms with E-state index in [9.17, 15) is 9.59 Å². The minimum Gasteiger partial charge on any atom is -0.444 e. The van der Waals surface area contributed by atoms with Gasteiger partial charge >= 0.3 is 6.09 Å². The first-order valence-corrected chi connectivity index (χ1v) is 12.5. The van der Waals surface area contributed by atoms with Gasteiger partial charge in [-0.3, -0.25) is 10.1 Å². The van der Waals surface area contributed by atoms with Crippen molar-refractivity contribution in [3.05, 3.63) is 47.9 Å². The summed E-state index contributed by atoms with van der Waals surface area (Å²) in [6, 6.07) is 3.35. The van der Waals surface area contributed by atoms with Crippen molar-refractivity contribution in [1.82, 2.24) is 15.0 Å². The van der Waals surface area contributed by atoms with Crippen molar-refractivity contribution in [3.63, 3.8) is 0 Å². The van der Waals surface area contributed by atoms with Crippen molar-refractivity contribution in [2.45, 2.75) is 68.9 Å². The van der Waals surface area contributed by atoms with E-state index in [0.717, 1.165) is 9.97 Å². The molecule has 3 rings (SSSR count). The lowest BCUT2D eigenvalue weighted by Gasteiger charge is -2.19. The first kappa shape index (κ1) is 25.7. The molecule has 3 aromatic rings. The second-order valence-electron chi connectivity index (χ2n) is 9.54. The number of thioether (sulfide) groups is 1. The normalized spacial score (nSPS) is 11.8. The average molecular weight is 504 g/mol. The molecule has 0 saturated heterocycles. The van der Waals surface area contributed by atoms with Crippen LogP contribution >= 0.6 is 23.1 Å². The maximum atomic E-state index is 12.5. The van der Waals surface area contributed by atoms with Crippen LogP contribution < -0.4 is 10.6 Å². The number of ether oxygens (including phenoxy) is 1. The number of anilines is 2. The van der Waals surface area contributed by atoms with E-state index >= 15 is 0 Å². The molecule has 9 nitrogen and oxygen atoms in total. The van der Waals surface area contributed by atoms with Gasteiger partial charge in [0.15, 0.2) is 5.13 Å². The molecule has 0 unspecified atom stereocenters. The predicted molar refractivity (Wildman–Crippen MR) is 133 cm³/mol. The molecule has 0 aliphatic rings. The monoisotopic (exact) mass is 503 g/mol. The first-order valence-electron chi connectivity index (χ1n) is 10.7. The molecule has 0 atom stereocenters. The van der Waals surface area contributed by atoms with Gasteiger partial charge in [0.25, 0.3) is 0 Å². The number of carbonyl (C=O) groups is 2. The minimum atomic E-state index is -0.615. The summed E-state index contributed by atoms with van der Waals surface area (Å²) in [7, 11) is 0. The molecule has 3 aromatic heterocycles. The third-order valence-electron chi connectivity index (χ3n) is 4.18. The van der Waals surface area contributed by atoms with Crippen LogP contribution in [0.4, 0.5) is 15.7 Å². The highest BCUT2D eigenvalue weighted by Gasteiger charge is 2.20. The summed E-state index contributed by atoms with van der Waals surface area (Å²) >= 11 is 2.93. The van der Waals surface area contributed by atoms with Gasteiger partial charge in [-0.05, 0) is 38.5 Å². The van der Waals surface area contributed by atoms with Crippen LogP contribution in [0.1, 0.15) is 58.8 Å². The molecular formula is C23H29N5O4S2. The van der Waals surface area contributed by atoms with Gasteiger partial charge in [0.05, 0.1) is 28.8 Å². The van der Waals surface area contributed by atoms with E-state index in [1.54, 1.807) is 57.1 Å². The van der Waals surface area contributed by atoms with Crippen LogP contribution in [0.25, 0.3) is 0 Å². The maximum absolute atomic E-state index is 12.5. The fraction of sp³-hybridized carbons (Fsp3) is 0.435.